The van der Waals surface area contributed by atoms with Gasteiger partial charge in [-0.1, -0.05) is 13.0 Å². The molecule has 0 fully saturated rings. The maximum atomic E-state index is 5.39. The third-order valence-corrected chi connectivity index (χ3v) is 3.56. The quantitative estimate of drug-likeness (QED) is 0.815. The van der Waals surface area contributed by atoms with Crippen molar-refractivity contribution < 1.29 is 14.2 Å². The van der Waals surface area contributed by atoms with Gasteiger partial charge in [-0.05, 0) is 42.7 Å². The average Bonchev–Trinajstić information content (AvgIpc) is 2.58. The normalized spacial score (nSPS) is 12.2. The lowest BCUT2D eigenvalue weighted by molar-refractivity contribution is 0.323. The highest BCUT2D eigenvalue weighted by molar-refractivity contribution is 5.55. The van der Waals surface area contributed by atoms with E-state index < -0.39 is 0 Å². The van der Waals surface area contributed by atoms with Crippen LogP contribution in [0, 0.1) is 6.92 Å². The molecule has 2 aromatic rings. The minimum absolute atomic E-state index is 0.146. The van der Waals surface area contributed by atoms with Crippen molar-refractivity contribution in [2.45, 2.75) is 19.8 Å². The molecule has 0 saturated carbocycles. The van der Waals surface area contributed by atoms with Gasteiger partial charge in [0.05, 0.1) is 21.3 Å². The fourth-order valence-electron chi connectivity index (χ4n) is 2.25. The molecule has 1 aromatic carbocycles. The van der Waals surface area contributed by atoms with Crippen LogP contribution < -0.4 is 14.2 Å². The van der Waals surface area contributed by atoms with E-state index in [1.807, 2.05) is 31.2 Å². The number of hydrogen-bond donors (Lipinski definition) is 0. The van der Waals surface area contributed by atoms with Crippen LogP contribution in [0.2, 0.25) is 0 Å². The molecule has 1 unspecified atom stereocenters. The van der Waals surface area contributed by atoms with E-state index in [4.69, 9.17) is 14.2 Å². The summed E-state index contributed by atoms with van der Waals surface area (Å²) < 4.78 is 16.1. The first-order valence-electron chi connectivity index (χ1n) is 7.36. The minimum Gasteiger partial charge on any atom is -0.493 e. The number of benzene rings is 1. The lowest BCUT2D eigenvalue weighted by atomic mass is 9.99. The van der Waals surface area contributed by atoms with Crippen LogP contribution in [0.4, 0.5) is 0 Å². The van der Waals surface area contributed by atoms with E-state index in [0.717, 1.165) is 11.3 Å². The Morgan fingerprint density at radius 1 is 1.04 bits per heavy atom. The van der Waals surface area contributed by atoms with Crippen LogP contribution in [0.3, 0.4) is 0 Å². The maximum Gasteiger partial charge on any atom is 0.203 e. The standard InChI is InChI=1S/C18H22N2O3/c1-12(6-7-17-19-9-8-13(2)20-17)14-10-15(21-3)18(23-5)16(11-14)22-4/h6-12H,1-5H3. The summed E-state index contributed by atoms with van der Waals surface area (Å²) in [7, 11) is 4.82. The lowest BCUT2D eigenvalue weighted by Gasteiger charge is -2.16. The Labute approximate surface area is 136 Å². The van der Waals surface area contributed by atoms with Crippen LogP contribution in [0.15, 0.2) is 30.5 Å². The summed E-state index contributed by atoms with van der Waals surface area (Å²) in [5.41, 5.74) is 2.00. The molecule has 5 heteroatoms. The second-order valence-corrected chi connectivity index (χ2v) is 5.16. The number of methoxy groups -OCH3 is 3. The summed E-state index contributed by atoms with van der Waals surface area (Å²) >= 11 is 0. The van der Waals surface area contributed by atoms with Crippen LogP contribution >= 0.6 is 0 Å². The predicted octanol–water partition coefficient (Wildman–Crippen LogP) is 3.63. The van der Waals surface area contributed by atoms with Crippen molar-refractivity contribution in [1.29, 1.82) is 0 Å². The molecule has 1 atom stereocenters. The fraction of sp³-hybridized carbons (Fsp3) is 0.333. The number of hydrogen-bond acceptors (Lipinski definition) is 5. The van der Waals surface area contributed by atoms with Gasteiger partial charge in [0.15, 0.2) is 17.3 Å². The zero-order chi connectivity index (χ0) is 16.8. The monoisotopic (exact) mass is 314 g/mol. The molecule has 1 heterocycles. The van der Waals surface area contributed by atoms with Gasteiger partial charge in [0.1, 0.15) is 0 Å². The number of rotatable bonds is 6. The second-order valence-electron chi connectivity index (χ2n) is 5.16. The second kappa shape index (κ2) is 7.63. The van der Waals surface area contributed by atoms with Crippen LogP contribution in [0.5, 0.6) is 17.2 Å². The smallest absolute Gasteiger partial charge is 0.203 e. The van der Waals surface area contributed by atoms with Crippen molar-refractivity contribution in [2.75, 3.05) is 21.3 Å². The van der Waals surface area contributed by atoms with Crippen LogP contribution in [-0.4, -0.2) is 31.3 Å². The third-order valence-electron chi connectivity index (χ3n) is 3.56. The number of ether oxygens (including phenoxy) is 3. The molecule has 2 rings (SSSR count). The molecular formula is C18H22N2O3. The lowest BCUT2D eigenvalue weighted by Crippen LogP contribution is -1.98. The largest absolute Gasteiger partial charge is 0.493 e. The van der Waals surface area contributed by atoms with Gasteiger partial charge in [0.2, 0.25) is 5.75 Å². The molecule has 23 heavy (non-hydrogen) atoms. The molecule has 0 radical (unpaired) electrons. The molecule has 0 spiro atoms. The van der Waals surface area contributed by atoms with Gasteiger partial charge in [-0.2, -0.15) is 0 Å². The summed E-state index contributed by atoms with van der Waals surface area (Å²) in [5, 5.41) is 0. The summed E-state index contributed by atoms with van der Waals surface area (Å²) in [6.07, 6.45) is 5.72. The van der Waals surface area contributed by atoms with Gasteiger partial charge in [0.25, 0.3) is 0 Å². The first-order chi connectivity index (χ1) is 11.1. The Balaban J connectivity index is 2.30. The molecule has 0 amide bonds. The Bertz CT molecular complexity index is 673. The van der Waals surface area contributed by atoms with Crippen LogP contribution in [0.1, 0.15) is 29.9 Å². The zero-order valence-electron chi connectivity index (χ0n) is 14.2. The average molecular weight is 314 g/mol. The topological polar surface area (TPSA) is 53.5 Å². The maximum absolute atomic E-state index is 5.39. The van der Waals surface area contributed by atoms with E-state index in [-0.39, 0.29) is 5.92 Å². The van der Waals surface area contributed by atoms with Crippen molar-refractivity contribution >= 4 is 6.08 Å². The Morgan fingerprint density at radius 3 is 2.22 bits per heavy atom. The summed E-state index contributed by atoms with van der Waals surface area (Å²) in [4.78, 5) is 8.60. The fourth-order valence-corrected chi connectivity index (χ4v) is 2.25. The van der Waals surface area contributed by atoms with Gasteiger partial charge < -0.3 is 14.2 Å². The van der Waals surface area contributed by atoms with Gasteiger partial charge in [-0.25, -0.2) is 9.97 Å². The molecule has 0 aliphatic heterocycles. The molecule has 0 saturated heterocycles. The minimum atomic E-state index is 0.146. The van der Waals surface area contributed by atoms with Crippen molar-refractivity contribution in [1.82, 2.24) is 9.97 Å². The van der Waals surface area contributed by atoms with E-state index in [0.29, 0.717) is 23.1 Å². The number of aryl methyl sites for hydroxylation is 1. The van der Waals surface area contributed by atoms with Crippen molar-refractivity contribution in [3.8, 4) is 17.2 Å². The molecule has 1 aromatic heterocycles. The van der Waals surface area contributed by atoms with Gasteiger partial charge in [-0.15, -0.1) is 0 Å². The summed E-state index contributed by atoms with van der Waals surface area (Å²) in [6, 6.07) is 5.78. The highest BCUT2D eigenvalue weighted by atomic mass is 16.5. The first-order valence-corrected chi connectivity index (χ1v) is 7.36. The Kier molecular flexibility index (Phi) is 5.57. The van der Waals surface area contributed by atoms with E-state index in [1.54, 1.807) is 27.5 Å². The molecule has 0 aliphatic rings. The first kappa shape index (κ1) is 16.8. The third kappa shape index (κ3) is 4.00. The Hall–Kier alpha value is -2.56. The van der Waals surface area contributed by atoms with E-state index in [2.05, 4.69) is 23.0 Å². The molecule has 122 valence electrons. The molecule has 0 N–H and O–H groups in total. The molecule has 0 aliphatic carbocycles. The summed E-state index contributed by atoms with van der Waals surface area (Å²) in [6.45, 7) is 4.04. The molecule has 0 bridgehead atoms. The Morgan fingerprint density at radius 2 is 1.70 bits per heavy atom. The van der Waals surface area contributed by atoms with Gasteiger partial charge >= 0.3 is 0 Å². The van der Waals surface area contributed by atoms with Crippen LogP contribution in [-0.2, 0) is 0 Å². The summed E-state index contributed by atoms with van der Waals surface area (Å²) in [5.74, 6) is 2.73. The van der Waals surface area contributed by atoms with Gasteiger partial charge in [0, 0.05) is 11.9 Å². The van der Waals surface area contributed by atoms with Gasteiger partial charge in [-0.3, -0.25) is 0 Å². The molecular weight excluding hydrogens is 292 g/mol. The highest BCUT2D eigenvalue weighted by Crippen LogP contribution is 2.40. The van der Waals surface area contributed by atoms with Crippen molar-refractivity contribution in [3.63, 3.8) is 0 Å². The van der Waals surface area contributed by atoms with Crippen molar-refractivity contribution in [2.24, 2.45) is 0 Å². The van der Waals surface area contributed by atoms with E-state index in [1.165, 1.54) is 0 Å². The number of nitrogens with zero attached hydrogens (tertiary/aromatic N) is 2. The number of allylic oxidation sites excluding steroid dienone is 1. The van der Waals surface area contributed by atoms with E-state index in [9.17, 15) is 0 Å². The SMILES string of the molecule is COc1cc(C(C)C=Cc2nccc(C)n2)cc(OC)c1OC. The number of aromatic nitrogens is 2. The van der Waals surface area contributed by atoms with Crippen LogP contribution in [0.25, 0.3) is 6.08 Å². The molecule has 5 nitrogen and oxygen atoms in total. The van der Waals surface area contributed by atoms with E-state index >= 15 is 0 Å². The van der Waals surface area contributed by atoms with Crippen molar-refractivity contribution in [3.05, 3.63) is 47.6 Å². The highest BCUT2D eigenvalue weighted by Gasteiger charge is 2.15. The predicted molar refractivity (Wildman–Crippen MR) is 90.3 cm³/mol. The zero-order valence-corrected chi connectivity index (χ0v) is 14.2.